The van der Waals surface area contributed by atoms with Gasteiger partial charge in [0, 0.05) is 45.3 Å². The summed E-state index contributed by atoms with van der Waals surface area (Å²) in [4.78, 5) is 21.7. The summed E-state index contributed by atoms with van der Waals surface area (Å²) in [5, 5.41) is 3.39. The van der Waals surface area contributed by atoms with E-state index in [1.807, 2.05) is 23.1 Å². The van der Waals surface area contributed by atoms with Crippen LogP contribution in [0.4, 0.5) is 0 Å². The molecule has 5 nitrogen and oxygen atoms in total. The van der Waals surface area contributed by atoms with Crippen LogP contribution < -0.4 is 5.32 Å². The number of fused-ring (bicyclic) bond motifs is 1. The summed E-state index contributed by atoms with van der Waals surface area (Å²) < 4.78 is 2.18. The Morgan fingerprint density at radius 1 is 1.29 bits per heavy atom. The van der Waals surface area contributed by atoms with E-state index >= 15 is 0 Å². The number of nitrogens with one attached hydrogen (secondary N) is 1. The molecular weight excluding hydrogens is 340 g/mol. The van der Waals surface area contributed by atoms with Gasteiger partial charge in [0.25, 0.3) is 0 Å². The molecule has 0 bridgehead atoms. The minimum atomic E-state index is 0.247. The van der Waals surface area contributed by atoms with Crippen LogP contribution in [0.25, 0.3) is 10.2 Å². The molecule has 128 valence electrons. The molecule has 2 fully saturated rings. The Balaban J connectivity index is 1.30. The zero-order valence-electron chi connectivity index (χ0n) is 13.6. The van der Waals surface area contributed by atoms with E-state index in [0.717, 1.165) is 55.5 Å². The first-order chi connectivity index (χ1) is 11.8. The molecule has 7 heteroatoms. The van der Waals surface area contributed by atoms with E-state index in [4.69, 9.17) is 0 Å². The number of carbonyl (C=O) groups is 1. The van der Waals surface area contributed by atoms with E-state index in [-0.39, 0.29) is 5.91 Å². The topological polar surface area (TPSA) is 48.5 Å². The van der Waals surface area contributed by atoms with E-state index in [9.17, 15) is 4.79 Å². The van der Waals surface area contributed by atoms with Crippen molar-refractivity contribution in [1.29, 1.82) is 0 Å². The molecule has 3 heterocycles. The Bertz CT molecular complexity index is 680. The smallest absolute Gasteiger partial charge is 0.233 e. The predicted molar refractivity (Wildman–Crippen MR) is 99.8 cm³/mol. The van der Waals surface area contributed by atoms with E-state index in [1.54, 1.807) is 23.1 Å². The average molecular weight is 363 g/mol. The molecule has 4 rings (SSSR count). The summed E-state index contributed by atoms with van der Waals surface area (Å²) in [6.45, 7) is 6.13. The molecule has 2 aliphatic heterocycles. The van der Waals surface area contributed by atoms with Crippen molar-refractivity contribution in [1.82, 2.24) is 20.1 Å². The number of carbonyl (C=O) groups excluding carboxylic acids is 1. The molecule has 1 unspecified atom stereocenters. The van der Waals surface area contributed by atoms with Crippen LogP contribution in [0.1, 0.15) is 6.42 Å². The minimum absolute atomic E-state index is 0.247. The normalized spacial score (nSPS) is 22.3. The van der Waals surface area contributed by atoms with Crippen LogP contribution in [0, 0.1) is 0 Å². The molecule has 2 saturated heterocycles. The summed E-state index contributed by atoms with van der Waals surface area (Å²) in [6.07, 6.45) is 1.11. The van der Waals surface area contributed by atoms with Gasteiger partial charge in [-0.05, 0) is 18.6 Å². The summed E-state index contributed by atoms with van der Waals surface area (Å²) in [7, 11) is 0. The molecule has 1 N–H and O–H groups in total. The fourth-order valence-electron chi connectivity index (χ4n) is 3.44. The molecule has 0 spiro atoms. The van der Waals surface area contributed by atoms with Crippen molar-refractivity contribution < 1.29 is 4.79 Å². The first-order valence-electron chi connectivity index (χ1n) is 8.50. The number of hydrogen-bond acceptors (Lipinski definition) is 6. The second-order valence-corrected chi connectivity index (χ2v) is 8.56. The number of benzene rings is 1. The lowest BCUT2D eigenvalue weighted by molar-refractivity contribution is -0.127. The van der Waals surface area contributed by atoms with E-state index in [0.29, 0.717) is 11.8 Å². The van der Waals surface area contributed by atoms with E-state index in [1.165, 1.54) is 4.70 Å². The van der Waals surface area contributed by atoms with Crippen LogP contribution in [0.2, 0.25) is 0 Å². The number of thioether (sulfide) groups is 1. The lowest BCUT2D eigenvalue weighted by Gasteiger charge is -2.32. The number of nitrogens with zero attached hydrogens (tertiary/aromatic N) is 3. The van der Waals surface area contributed by atoms with Crippen molar-refractivity contribution in [3.8, 4) is 0 Å². The predicted octanol–water partition coefficient (Wildman–Crippen LogP) is 1.89. The first-order valence-corrected chi connectivity index (χ1v) is 10.3. The lowest BCUT2D eigenvalue weighted by atomic mass is 10.2. The number of likely N-dealkylation sites (tertiary alicyclic amines) is 1. The van der Waals surface area contributed by atoms with Gasteiger partial charge in [-0.3, -0.25) is 9.69 Å². The highest BCUT2D eigenvalue weighted by molar-refractivity contribution is 8.01. The molecule has 0 aliphatic carbocycles. The fourth-order valence-corrected chi connectivity index (χ4v) is 5.41. The number of hydrogen-bond donors (Lipinski definition) is 1. The van der Waals surface area contributed by atoms with Gasteiger partial charge in [0.2, 0.25) is 5.91 Å². The number of amides is 1. The quantitative estimate of drug-likeness (QED) is 0.842. The highest BCUT2D eigenvalue weighted by Crippen LogP contribution is 2.29. The molecule has 1 atom stereocenters. The maximum Gasteiger partial charge on any atom is 0.233 e. The second kappa shape index (κ2) is 7.39. The largest absolute Gasteiger partial charge is 0.340 e. The number of para-hydroxylation sites is 1. The Hall–Kier alpha value is -1.15. The van der Waals surface area contributed by atoms with Crippen LogP contribution >= 0.6 is 23.1 Å². The first kappa shape index (κ1) is 16.3. The van der Waals surface area contributed by atoms with Gasteiger partial charge >= 0.3 is 0 Å². The van der Waals surface area contributed by atoms with Gasteiger partial charge in [-0.2, -0.15) is 0 Å². The third kappa shape index (κ3) is 3.59. The molecule has 1 amide bonds. The van der Waals surface area contributed by atoms with Crippen molar-refractivity contribution in [3.63, 3.8) is 0 Å². The van der Waals surface area contributed by atoms with Crippen molar-refractivity contribution in [2.45, 2.75) is 16.8 Å². The third-order valence-electron chi connectivity index (χ3n) is 4.78. The Morgan fingerprint density at radius 3 is 2.96 bits per heavy atom. The number of piperazine rings is 1. The van der Waals surface area contributed by atoms with Gasteiger partial charge < -0.3 is 10.2 Å². The molecule has 24 heavy (non-hydrogen) atoms. The molecule has 1 aromatic heterocycles. The van der Waals surface area contributed by atoms with Crippen molar-refractivity contribution in [2.75, 3.05) is 45.0 Å². The maximum absolute atomic E-state index is 12.5. The van der Waals surface area contributed by atoms with Crippen molar-refractivity contribution in [3.05, 3.63) is 24.3 Å². The van der Waals surface area contributed by atoms with Gasteiger partial charge in [-0.15, -0.1) is 11.3 Å². The van der Waals surface area contributed by atoms with E-state index < -0.39 is 0 Å². The molecule has 0 saturated carbocycles. The third-order valence-corrected chi connectivity index (χ3v) is 6.94. The number of rotatable bonds is 4. The van der Waals surface area contributed by atoms with Crippen molar-refractivity contribution in [2.24, 2.45) is 0 Å². The minimum Gasteiger partial charge on any atom is -0.340 e. The maximum atomic E-state index is 12.5. The van der Waals surface area contributed by atoms with Crippen LogP contribution in [-0.4, -0.2) is 71.8 Å². The molecule has 0 radical (unpaired) electrons. The van der Waals surface area contributed by atoms with Gasteiger partial charge in [0.1, 0.15) is 0 Å². The Morgan fingerprint density at radius 2 is 2.12 bits per heavy atom. The number of thiazole rings is 1. The van der Waals surface area contributed by atoms with Crippen LogP contribution in [0.15, 0.2) is 28.6 Å². The zero-order chi connectivity index (χ0) is 16.4. The summed E-state index contributed by atoms with van der Waals surface area (Å²) in [6, 6.07) is 8.68. The summed E-state index contributed by atoms with van der Waals surface area (Å²) in [5.41, 5.74) is 1.03. The average Bonchev–Trinajstić information content (AvgIpc) is 3.27. The molecule has 2 aliphatic rings. The lowest BCUT2D eigenvalue weighted by Crippen LogP contribution is -2.49. The Labute approximate surface area is 150 Å². The molecule has 2 aromatic rings. The highest BCUT2D eigenvalue weighted by Gasteiger charge is 2.30. The van der Waals surface area contributed by atoms with Gasteiger partial charge in [-0.25, -0.2) is 4.98 Å². The van der Waals surface area contributed by atoms with Gasteiger partial charge in [-0.1, -0.05) is 23.9 Å². The van der Waals surface area contributed by atoms with E-state index in [2.05, 4.69) is 21.3 Å². The Kier molecular flexibility index (Phi) is 5.03. The summed E-state index contributed by atoms with van der Waals surface area (Å²) in [5.74, 6) is 0.741. The van der Waals surface area contributed by atoms with Crippen LogP contribution in [0.3, 0.4) is 0 Å². The van der Waals surface area contributed by atoms with Gasteiger partial charge in [0.15, 0.2) is 4.34 Å². The zero-order valence-corrected chi connectivity index (χ0v) is 15.2. The van der Waals surface area contributed by atoms with Crippen molar-refractivity contribution >= 4 is 39.2 Å². The highest BCUT2D eigenvalue weighted by atomic mass is 32.2. The monoisotopic (exact) mass is 362 g/mol. The fraction of sp³-hybridized carbons (Fsp3) is 0.529. The second-order valence-electron chi connectivity index (χ2n) is 6.30. The van der Waals surface area contributed by atoms with Crippen LogP contribution in [-0.2, 0) is 4.79 Å². The van der Waals surface area contributed by atoms with Gasteiger partial charge in [0.05, 0.1) is 16.0 Å². The SMILES string of the molecule is O=C(CSc1nc2ccccc2s1)N1CCC(N2CCNCC2)C1. The standard InChI is InChI=1S/C17H22N4OS2/c22-16(12-23-17-19-14-3-1-2-4-15(14)24-17)21-8-5-13(11-21)20-9-6-18-7-10-20/h1-4,13,18H,5-12H2. The molecule has 1 aromatic carbocycles. The summed E-state index contributed by atoms with van der Waals surface area (Å²) >= 11 is 3.24. The molecular formula is C17H22N4OS2. The van der Waals surface area contributed by atoms with Crippen LogP contribution in [0.5, 0.6) is 0 Å². The number of aromatic nitrogens is 1.